The van der Waals surface area contributed by atoms with Gasteiger partial charge in [-0.1, -0.05) is 30.3 Å². The molecule has 2 aromatic heterocycles. The summed E-state index contributed by atoms with van der Waals surface area (Å²) in [7, 11) is 0. The minimum atomic E-state index is -4.62. The number of rotatable bonds is 5. The highest BCUT2D eigenvalue weighted by Gasteiger charge is 2.39. The first kappa shape index (κ1) is 24.7. The molecule has 0 saturated carbocycles. The van der Waals surface area contributed by atoms with Crippen LogP contribution in [0.15, 0.2) is 48.7 Å². The van der Waals surface area contributed by atoms with Gasteiger partial charge in [0, 0.05) is 47.8 Å². The minimum absolute atomic E-state index is 0.00691. The monoisotopic (exact) mass is 499 g/mol. The molecule has 0 aliphatic carbocycles. The number of alkyl halides is 3. The maximum absolute atomic E-state index is 13.9. The molecule has 0 fully saturated rings. The third-order valence-electron chi connectivity index (χ3n) is 5.90. The Morgan fingerprint density at radius 1 is 1.34 bits per heavy atom. The quantitative estimate of drug-likeness (QED) is 0.506. The van der Waals surface area contributed by atoms with E-state index in [-0.39, 0.29) is 24.1 Å². The summed E-state index contributed by atoms with van der Waals surface area (Å²) >= 11 is 1.30. The summed E-state index contributed by atoms with van der Waals surface area (Å²) in [6.45, 7) is 4.36. The van der Waals surface area contributed by atoms with Gasteiger partial charge in [0.1, 0.15) is 10.9 Å². The minimum Gasteiger partial charge on any atom is -0.333 e. The number of thiophene rings is 1. The smallest absolute Gasteiger partial charge is 0.333 e. The molecule has 0 saturated heterocycles. The van der Waals surface area contributed by atoms with E-state index < -0.39 is 17.8 Å². The number of nitrogens with two attached hydrogens (primary N) is 1. The molecule has 182 valence electrons. The van der Waals surface area contributed by atoms with Crippen molar-refractivity contribution in [2.45, 2.75) is 45.1 Å². The average Bonchev–Trinajstić information content (AvgIpc) is 3.46. The maximum Gasteiger partial charge on any atom is 0.435 e. The summed E-state index contributed by atoms with van der Waals surface area (Å²) in [4.78, 5) is 15.9. The number of hydrogen-bond acceptors (Lipinski definition) is 5. The number of fused-ring (bicyclic) bond motifs is 1. The highest BCUT2D eigenvalue weighted by Crippen LogP contribution is 2.44. The SMILES string of the molecule is CCn1cc(-c2ccccc2[C@@H]2CN(C(=O)/C=C/[C@@H](C)N)Cc3sc(C#N)cc32)c(C(F)(F)F)n1. The molecule has 6 nitrogen and oxygen atoms in total. The van der Waals surface area contributed by atoms with Gasteiger partial charge in [-0.2, -0.15) is 23.5 Å². The number of aromatic nitrogens is 2. The highest BCUT2D eigenvalue weighted by molar-refractivity contribution is 7.12. The van der Waals surface area contributed by atoms with E-state index in [9.17, 15) is 23.2 Å². The lowest BCUT2D eigenvalue weighted by Crippen LogP contribution is -2.37. The summed E-state index contributed by atoms with van der Waals surface area (Å²) in [5.74, 6) is -0.649. The molecule has 1 aliphatic heterocycles. The molecule has 0 spiro atoms. The van der Waals surface area contributed by atoms with Gasteiger partial charge in [0.25, 0.3) is 0 Å². The molecule has 10 heteroatoms. The van der Waals surface area contributed by atoms with Crippen LogP contribution in [0.25, 0.3) is 11.1 Å². The van der Waals surface area contributed by atoms with Crippen molar-refractivity contribution in [2.24, 2.45) is 5.73 Å². The van der Waals surface area contributed by atoms with Gasteiger partial charge >= 0.3 is 6.18 Å². The number of amides is 1. The Hall–Kier alpha value is -3.42. The van der Waals surface area contributed by atoms with Crippen molar-refractivity contribution in [1.82, 2.24) is 14.7 Å². The van der Waals surface area contributed by atoms with E-state index in [1.807, 2.05) is 0 Å². The number of hydrogen-bond donors (Lipinski definition) is 1. The standard InChI is InChI=1S/C25H24F3N5OS/c1-3-33-13-21(24(31-33)25(26,27)28)18-7-5-4-6-17(18)20-12-32(23(34)9-8-15(2)30)14-22-19(20)10-16(11-29)35-22/h4-10,13,15,20H,3,12,14,30H2,1-2H3/b9-8+/t15-,20+/m1/s1. The van der Waals surface area contributed by atoms with Crippen LogP contribution in [0.1, 0.15) is 46.3 Å². The van der Waals surface area contributed by atoms with E-state index in [2.05, 4.69) is 11.2 Å². The second-order valence-electron chi connectivity index (χ2n) is 8.42. The largest absolute Gasteiger partial charge is 0.435 e. The van der Waals surface area contributed by atoms with E-state index in [1.165, 1.54) is 28.3 Å². The first-order chi connectivity index (χ1) is 16.6. The molecule has 3 heterocycles. The number of benzene rings is 1. The Balaban J connectivity index is 1.85. The van der Waals surface area contributed by atoms with Gasteiger partial charge in [-0.3, -0.25) is 9.48 Å². The normalized spacial score (nSPS) is 16.8. The highest BCUT2D eigenvalue weighted by atomic mass is 32.1. The van der Waals surface area contributed by atoms with Crippen LogP contribution in [0.2, 0.25) is 0 Å². The molecule has 3 aromatic rings. The fourth-order valence-corrected chi connectivity index (χ4v) is 5.32. The summed E-state index contributed by atoms with van der Waals surface area (Å²) in [6.07, 6.45) is -0.189. The van der Waals surface area contributed by atoms with Crippen molar-refractivity contribution in [3.63, 3.8) is 0 Å². The number of halogens is 3. The molecular weight excluding hydrogens is 475 g/mol. The molecule has 0 unspecified atom stereocenters. The van der Waals surface area contributed by atoms with E-state index in [4.69, 9.17) is 5.73 Å². The molecule has 1 amide bonds. The zero-order valence-corrected chi connectivity index (χ0v) is 20.0. The van der Waals surface area contributed by atoms with Gasteiger partial charge in [0.05, 0.1) is 6.54 Å². The van der Waals surface area contributed by atoms with Gasteiger partial charge in [-0.05, 0) is 36.6 Å². The van der Waals surface area contributed by atoms with Crippen molar-refractivity contribution >= 4 is 17.2 Å². The maximum atomic E-state index is 13.9. The average molecular weight is 500 g/mol. The van der Waals surface area contributed by atoms with Crippen molar-refractivity contribution in [3.05, 3.63) is 75.3 Å². The van der Waals surface area contributed by atoms with Crippen LogP contribution in [0, 0.1) is 11.3 Å². The van der Waals surface area contributed by atoms with E-state index in [1.54, 1.807) is 55.2 Å². The number of nitriles is 1. The number of carbonyl (C=O) groups is 1. The molecule has 0 radical (unpaired) electrons. The molecule has 4 rings (SSSR count). The predicted molar refractivity (Wildman–Crippen MR) is 127 cm³/mol. The fourth-order valence-electron chi connectivity index (χ4n) is 4.28. The van der Waals surface area contributed by atoms with Crippen LogP contribution in [-0.4, -0.2) is 33.2 Å². The third kappa shape index (κ3) is 5.01. The molecule has 0 bridgehead atoms. The van der Waals surface area contributed by atoms with E-state index in [0.29, 0.717) is 29.1 Å². The van der Waals surface area contributed by atoms with E-state index >= 15 is 0 Å². The first-order valence-corrected chi connectivity index (χ1v) is 11.9. The van der Waals surface area contributed by atoms with Crippen molar-refractivity contribution in [1.29, 1.82) is 5.26 Å². The Morgan fingerprint density at radius 2 is 2.09 bits per heavy atom. The molecule has 35 heavy (non-hydrogen) atoms. The van der Waals surface area contributed by atoms with Crippen LogP contribution >= 0.6 is 11.3 Å². The second kappa shape index (κ2) is 9.68. The van der Waals surface area contributed by atoms with E-state index in [0.717, 1.165) is 10.4 Å². The number of aryl methyl sites for hydroxylation is 1. The van der Waals surface area contributed by atoms with Gasteiger partial charge in [-0.25, -0.2) is 0 Å². The van der Waals surface area contributed by atoms with Gasteiger partial charge in [0.15, 0.2) is 5.69 Å². The Bertz CT molecular complexity index is 1320. The summed E-state index contributed by atoms with van der Waals surface area (Å²) < 4.78 is 42.9. The van der Waals surface area contributed by atoms with Crippen LogP contribution in [0.5, 0.6) is 0 Å². The number of nitrogens with zero attached hydrogens (tertiary/aromatic N) is 4. The lowest BCUT2D eigenvalue weighted by molar-refractivity contribution is -0.141. The zero-order valence-electron chi connectivity index (χ0n) is 19.2. The lowest BCUT2D eigenvalue weighted by atomic mass is 9.83. The second-order valence-corrected chi connectivity index (χ2v) is 9.56. The van der Waals surface area contributed by atoms with Crippen LogP contribution in [0.4, 0.5) is 13.2 Å². The Labute approximate surface area is 205 Å². The molecule has 2 N–H and O–H groups in total. The van der Waals surface area contributed by atoms with Gasteiger partial charge in [-0.15, -0.1) is 11.3 Å². The zero-order chi connectivity index (χ0) is 25.3. The summed E-state index contributed by atoms with van der Waals surface area (Å²) in [6, 6.07) is 10.5. The molecule has 1 aliphatic rings. The Morgan fingerprint density at radius 3 is 2.74 bits per heavy atom. The van der Waals surface area contributed by atoms with Gasteiger partial charge in [0.2, 0.25) is 5.91 Å². The topological polar surface area (TPSA) is 87.9 Å². The van der Waals surface area contributed by atoms with Crippen molar-refractivity contribution in [2.75, 3.05) is 6.54 Å². The van der Waals surface area contributed by atoms with Crippen molar-refractivity contribution < 1.29 is 18.0 Å². The third-order valence-corrected chi connectivity index (χ3v) is 6.94. The van der Waals surface area contributed by atoms with Crippen LogP contribution < -0.4 is 5.73 Å². The summed E-state index contributed by atoms with van der Waals surface area (Å²) in [5, 5.41) is 13.2. The van der Waals surface area contributed by atoms with Gasteiger partial charge < -0.3 is 10.6 Å². The fraction of sp³-hybridized carbons (Fsp3) is 0.320. The van der Waals surface area contributed by atoms with Crippen LogP contribution in [-0.2, 0) is 24.1 Å². The Kier molecular flexibility index (Phi) is 6.83. The molecule has 1 aromatic carbocycles. The predicted octanol–water partition coefficient (Wildman–Crippen LogP) is 4.90. The molecular formula is C25H24F3N5OS. The lowest BCUT2D eigenvalue weighted by Gasteiger charge is -2.33. The number of carbonyl (C=O) groups excluding carboxylic acids is 1. The summed E-state index contributed by atoms with van der Waals surface area (Å²) in [5.41, 5.74) is 6.69. The molecule has 2 atom stereocenters. The van der Waals surface area contributed by atoms with Crippen molar-refractivity contribution in [3.8, 4) is 17.2 Å². The van der Waals surface area contributed by atoms with Crippen LogP contribution in [0.3, 0.4) is 0 Å². The first-order valence-electron chi connectivity index (χ1n) is 11.1.